The third-order valence-electron chi connectivity index (χ3n) is 6.34. The smallest absolute Gasteiger partial charge is 0.160 e. The quantitative estimate of drug-likeness (QED) is 0.218. The molecular formula is C24H24N4O2S. The molecule has 0 saturated carbocycles. The third kappa shape index (κ3) is 3.04. The van der Waals surface area contributed by atoms with Gasteiger partial charge in [-0.05, 0) is 59.0 Å². The van der Waals surface area contributed by atoms with Crippen LogP contribution in [0.1, 0.15) is 41.1 Å². The molecule has 0 spiro atoms. The number of H-pyrrole nitrogens is 1. The van der Waals surface area contributed by atoms with E-state index in [9.17, 15) is 5.11 Å². The molecule has 0 aliphatic carbocycles. The molecule has 0 radical (unpaired) electrons. The second-order valence-corrected chi connectivity index (χ2v) is 8.87. The van der Waals surface area contributed by atoms with Crippen molar-refractivity contribution in [2.45, 2.75) is 18.9 Å². The normalized spacial score (nSPS) is 20.3. The topological polar surface area (TPSA) is 107 Å². The standard InChI is InChI=1S/C24H24N4O2S/c1-12-22(13-4-8-19(29)20(9-13)30-2)23-15(11-25)16(26)5-7-18(23)27-24(12)14-3-6-17-21(10-14)31-28-17/h3-12,22,24-25,27-29H,26H2,1-2H3/t12-,22+,24-/m1/s1. The van der Waals surface area contributed by atoms with Crippen molar-refractivity contribution in [1.82, 2.24) is 4.37 Å². The number of rotatable bonds is 4. The average Bonchev–Trinajstić information content (AvgIpc) is 2.75. The molecule has 158 valence electrons. The number of hydrogen-bond acceptors (Lipinski definition) is 6. The van der Waals surface area contributed by atoms with E-state index >= 15 is 0 Å². The number of nitrogens with two attached hydrogens (primary N) is 1. The molecule has 3 atom stereocenters. The number of ether oxygens (including phenoxy) is 1. The van der Waals surface area contributed by atoms with Crippen LogP contribution in [0.4, 0.5) is 11.4 Å². The van der Waals surface area contributed by atoms with E-state index in [2.05, 4.69) is 34.8 Å². The molecule has 0 fully saturated rings. The van der Waals surface area contributed by atoms with Crippen LogP contribution in [0.3, 0.4) is 0 Å². The summed E-state index contributed by atoms with van der Waals surface area (Å²) < 4.78 is 9.87. The molecule has 1 aliphatic rings. The highest BCUT2D eigenvalue weighted by molar-refractivity contribution is 7.15. The van der Waals surface area contributed by atoms with Crippen LogP contribution >= 0.6 is 11.5 Å². The van der Waals surface area contributed by atoms with Gasteiger partial charge in [0.05, 0.1) is 23.4 Å². The Labute approximate surface area is 184 Å². The van der Waals surface area contributed by atoms with E-state index in [-0.39, 0.29) is 23.6 Å². The summed E-state index contributed by atoms with van der Waals surface area (Å²) in [6.07, 6.45) is 1.33. The fourth-order valence-electron chi connectivity index (χ4n) is 4.74. The molecule has 6 nitrogen and oxygen atoms in total. The molecule has 31 heavy (non-hydrogen) atoms. The van der Waals surface area contributed by atoms with Crippen molar-refractivity contribution in [3.05, 3.63) is 70.8 Å². The number of hydrogen-bond donors (Lipinski definition) is 5. The summed E-state index contributed by atoms with van der Waals surface area (Å²) in [6, 6.07) is 15.9. The molecule has 1 aliphatic heterocycles. The molecular weight excluding hydrogens is 408 g/mol. The minimum Gasteiger partial charge on any atom is -0.504 e. The van der Waals surface area contributed by atoms with E-state index in [4.69, 9.17) is 15.9 Å². The first-order valence-corrected chi connectivity index (χ1v) is 11.0. The monoisotopic (exact) mass is 432 g/mol. The Morgan fingerprint density at radius 3 is 2.61 bits per heavy atom. The maximum atomic E-state index is 10.1. The van der Waals surface area contributed by atoms with Gasteiger partial charge in [0.25, 0.3) is 0 Å². The first-order valence-electron chi connectivity index (χ1n) is 10.1. The van der Waals surface area contributed by atoms with Crippen molar-refractivity contribution >= 4 is 39.3 Å². The van der Waals surface area contributed by atoms with Gasteiger partial charge in [0, 0.05) is 29.1 Å². The molecule has 1 aromatic heterocycles. The highest BCUT2D eigenvalue weighted by Crippen LogP contribution is 2.50. The van der Waals surface area contributed by atoms with E-state index in [1.54, 1.807) is 24.7 Å². The summed E-state index contributed by atoms with van der Waals surface area (Å²) in [4.78, 5) is 0. The van der Waals surface area contributed by atoms with Crippen LogP contribution in [0, 0.1) is 11.3 Å². The fourth-order valence-corrected chi connectivity index (χ4v) is 5.41. The molecule has 0 unspecified atom stereocenters. The van der Waals surface area contributed by atoms with E-state index in [0.29, 0.717) is 11.4 Å². The van der Waals surface area contributed by atoms with Crippen molar-refractivity contribution in [2.24, 2.45) is 5.92 Å². The highest BCUT2D eigenvalue weighted by atomic mass is 32.1. The Bertz CT molecular complexity index is 1290. The predicted octanol–water partition coefficient (Wildman–Crippen LogP) is 5.46. The first kappa shape index (κ1) is 19.5. The minimum absolute atomic E-state index is 0.0345. The van der Waals surface area contributed by atoms with Crippen LogP contribution in [-0.2, 0) is 0 Å². The Balaban J connectivity index is 1.70. The van der Waals surface area contributed by atoms with Gasteiger partial charge in [0.1, 0.15) is 0 Å². The SMILES string of the molecule is COc1cc([C@H]2c3c(ccc(N)c3C=N)N[C@@H](c3ccc4[nH]sc4c3)[C@@H]2C)ccc1O. The number of fused-ring (bicyclic) bond motifs is 2. The molecule has 7 heteroatoms. The molecule has 6 N–H and O–H groups in total. The number of aromatic amines is 1. The van der Waals surface area contributed by atoms with Crippen LogP contribution in [0.5, 0.6) is 11.5 Å². The molecule has 0 saturated heterocycles. The van der Waals surface area contributed by atoms with Gasteiger partial charge >= 0.3 is 0 Å². The zero-order chi connectivity index (χ0) is 21.7. The molecule has 4 aromatic rings. The number of nitrogen functional groups attached to an aromatic ring is 1. The zero-order valence-electron chi connectivity index (χ0n) is 17.3. The van der Waals surface area contributed by atoms with Crippen LogP contribution in [0.15, 0.2) is 48.5 Å². The number of methoxy groups -OCH3 is 1. The number of aromatic hydroxyl groups is 1. The lowest BCUT2D eigenvalue weighted by molar-refractivity contribution is 0.370. The van der Waals surface area contributed by atoms with Gasteiger partial charge < -0.3 is 30.7 Å². The van der Waals surface area contributed by atoms with Crippen LogP contribution in [-0.4, -0.2) is 22.8 Å². The lowest BCUT2D eigenvalue weighted by Gasteiger charge is -2.41. The minimum atomic E-state index is -0.0345. The van der Waals surface area contributed by atoms with Crippen LogP contribution in [0.25, 0.3) is 10.2 Å². The number of anilines is 2. The molecule has 3 aromatic carbocycles. The summed E-state index contributed by atoms with van der Waals surface area (Å²) in [5.41, 5.74) is 12.9. The summed E-state index contributed by atoms with van der Waals surface area (Å²) >= 11 is 1.64. The maximum absolute atomic E-state index is 10.1. The number of phenols is 1. The predicted molar refractivity (Wildman–Crippen MR) is 127 cm³/mol. The van der Waals surface area contributed by atoms with Crippen molar-refractivity contribution in [3.63, 3.8) is 0 Å². The van der Waals surface area contributed by atoms with Crippen molar-refractivity contribution in [2.75, 3.05) is 18.2 Å². The van der Waals surface area contributed by atoms with E-state index in [1.165, 1.54) is 16.5 Å². The van der Waals surface area contributed by atoms with Gasteiger partial charge in [0.2, 0.25) is 0 Å². The van der Waals surface area contributed by atoms with Crippen molar-refractivity contribution in [3.8, 4) is 11.5 Å². The second-order valence-electron chi connectivity index (χ2n) is 8.02. The highest BCUT2D eigenvalue weighted by Gasteiger charge is 2.37. The molecule has 5 rings (SSSR count). The van der Waals surface area contributed by atoms with Gasteiger partial charge in [-0.3, -0.25) is 0 Å². The lowest BCUT2D eigenvalue weighted by atomic mass is 9.71. The zero-order valence-corrected chi connectivity index (χ0v) is 18.1. The third-order valence-corrected chi connectivity index (χ3v) is 7.22. The summed E-state index contributed by atoms with van der Waals surface area (Å²) in [5, 5.41) is 21.9. The molecule has 0 bridgehead atoms. The Hall–Kier alpha value is -3.45. The number of phenolic OH excluding ortho intramolecular Hbond substituents is 1. The fraction of sp³-hybridized carbons (Fsp3) is 0.208. The maximum Gasteiger partial charge on any atom is 0.160 e. The summed E-state index contributed by atoms with van der Waals surface area (Å²) in [5.74, 6) is 0.660. The van der Waals surface area contributed by atoms with Crippen molar-refractivity contribution < 1.29 is 9.84 Å². The Morgan fingerprint density at radius 1 is 1.13 bits per heavy atom. The number of nitrogens with one attached hydrogen (secondary N) is 3. The van der Waals surface area contributed by atoms with E-state index in [0.717, 1.165) is 27.9 Å². The molecule has 2 heterocycles. The van der Waals surface area contributed by atoms with E-state index in [1.807, 2.05) is 24.3 Å². The number of benzene rings is 3. The lowest BCUT2D eigenvalue weighted by Crippen LogP contribution is -2.31. The van der Waals surface area contributed by atoms with Crippen molar-refractivity contribution in [1.29, 1.82) is 5.41 Å². The summed E-state index contributed by atoms with van der Waals surface area (Å²) in [7, 11) is 1.55. The first-order chi connectivity index (χ1) is 15.0. The number of aromatic nitrogens is 1. The Kier molecular flexibility index (Phi) is 4.63. The largest absolute Gasteiger partial charge is 0.504 e. The summed E-state index contributed by atoms with van der Waals surface area (Å²) in [6.45, 7) is 2.21. The van der Waals surface area contributed by atoms with Crippen LogP contribution in [0.2, 0.25) is 0 Å². The van der Waals surface area contributed by atoms with E-state index < -0.39 is 0 Å². The second kappa shape index (κ2) is 7.35. The Morgan fingerprint density at radius 2 is 1.94 bits per heavy atom. The van der Waals surface area contributed by atoms with Gasteiger partial charge in [-0.15, -0.1) is 0 Å². The van der Waals surface area contributed by atoms with Gasteiger partial charge in [0.15, 0.2) is 11.5 Å². The van der Waals surface area contributed by atoms with Gasteiger partial charge in [-0.1, -0.05) is 30.6 Å². The van der Waals surface area contributed by atoms with Gasteiger partial charge in [-0.2, -0.15) is 0 Å². The van der Waals surface area contributed by atoms with Gasteiger partial charge in [-0.25, -0.2) is 0 Å². The van der Waals surface area contributed by atoms with Crippen LogP contribution < -0.4 is 15.8 Å². The average molecular weight is 433 g/mol. The molecule has 0 amide bonds.